The van der Waals surface area contributed by atoms with Crippen LogP contribution in [-0.4, -0.2) is 25.1 Å². The largest absolute Gasteiger partial charge is 0.497 e. The van der Waals surface area contributed by atoms with Crippen LogP contribution in [0.2, 0.25) is 5.02 Å². The molecule has 0 bridgehead atoms. The summed E-state index contributed by atoms with van der Waals surface area (Å²) in [7, 11) is 1.66. The molecule has 1 aliphatic rings. The van der Waals surface area contributed by atoms with E-state index in [1.165, 1.54) is 17.7 Å². The zero-order valence-corrected chi connectivity index (χ0v) is 15.4. The fraction of sp³-hybridized carbons (Fsp3) is 0.350. The van der Waals surface area contributed by atoms with Gasteiger partial charge in [-0.15, -0.1) is 0 Å². The third-order valence-corrected chi connectivity index (χ3v) is 4.74. The van der Waals surface area contributed by atoms with Gasteiger partial charge >= 0.3 is 0 Å². The van der Waals surface area contributed by atoms with E-state index in [1.54, 1.807) is 13.2 Å². The van der Waals surface area contributed by atoms with E-state index in [2.05, 4.69) is 16.7 Å². The number of rotatable bonds is 7. The lowest BCUT2D eigenvalue weighted by Crippen LogP contribution is -2.52. The summed E-state index contributed by atoms with van der Waals surface area (Å²) in [6.07, 6.45) is 1.91. The molecule has 0 saturated heterocycles. The molecule has 0 unspecified atom stereocenters. The Hall–Kier alpha value is -2.11. The van der Waals surface area contributed by atoms with E-state index in [-0.39, 0.29) is 18.4 Å². The van der Waals surface area contributed by atoms with Crippen LogP contribution in [0.15, 0.2) is 42.5 Å². The topological polar surface area (TPSA) is 50.4 Å². The lowest BCUT2D eigenvalue weighted by Gasteiger charge is -2.36. The molecule has 2 N–H and O–H groups in total. The monoisotopic (exact) mass is 376 g/mol. The first-order valence-corrected chi connectivity index (χ1v) is 9.00. The van der Waals surface area contributed by atoms with Crippen LogP contribution in [0.3, 0.4) is 0 Å². The highest BCUT2D eigenvalue weighted by atomic mass is 35.5. The van der Waals surface area contributed by atoms with Gasteiger partial charge in [0.05, 0.1) is 13.5 Å². The summed E-state index contributed by atoms with van der Waals surface area (Å²) < 4.78 is 18.5. The molecule has 26 heavy (non-hydrogen) atoms. The van der Waals surface area contributed by atoms with Crippen LogP contribution < -0.4 is 15.4 Å². The second-order valence-corrected chi connectivity index (χ2v) is 7.06. The van der Waals surface area contributed by atoms with Crippen molar-refractivity contribution in [3.8, 4) is 5.75 Å². The van der Waals surface area contributed by atoms with Crippen LogP contribution in [-0.2, 0) is 17.8 Å². The van der Waals surface area contributed by atoms with Crippen LogP contribution in [0, 0.1) is 5.82 Å². The van der Waals surface area contributed by atoms with E-state index in [0.717, 1.165) is 25.1 Å². The van der Waals surface area contributed by atoms with Crippen molar-refractivity contribution in [3.05, 3.63) is 64.4 Å². The summed E-state index contributed by atoms with van der Waals surface area (Å²) in [5.74, 6) is 0.314. The van der Waals surface area contributed by atoms with Crippen LogP contribution >= 0.6 is 11.6 Å². The van der Waals surface area contributed by atoms with Gasteiger partial charge in [0, 0.05) is 23.7 Å². The molecule has 1 fully saturated rings. The number of benzene rings is 2. The van der Waals surface area contributed by atoms with Gasteiger partial charge in [0.15, 0.2) is 0 Å². The molecule has 0 atom stereocenters. The van der Waals surface area contributed by atoms with E-state index >= 15 is 0 Å². The Bertz CT molecular complexity index is 758. The molecule has 0 spiro atoms. The van der Waals surface area contributed by atoms with Crippen molar-refractivity contribution in [2.75, 3.05) is 7.11 Å². The van der Waals surface area contributed by atoms with Crippen LogP contribution in [0.4, 0.5) is 4.39 Å². The van der Waals surface area contributed by atoms with E-state index in [4.69, 9.17) is 16.3 Å². The van der Waals surface area contributed by atoms with Crippen LogP contribution in [0.1, 0.15) is 24.0 Å². The maximum Gasteiger partial charge on any atom is 0.224 e. The second kappa shape index (κ2) is 8.52. The molecule has 1 saturated carbocycles. The third-order valence-electron chi connectivity index (χ3n) is 4.52. The molecular weight excluding hydrogens is 355 g/mol. The Morgan fingerprint density at radius 3 is 2.73 bits per heavy atom. The minimum atomic E-state index is -0.425. The van der Waals surface area contributed by atoms with Gasteiger partial charge in [0.1, 0.15) is 11.6 Å². The Morgan fingerprint density at radius 1 is 1.19 bits per heavy atom. The SMILES string of the molecule is COc1cccc(CN[C@H]2C[C@H](NC(=O)Cc3cc(F)cc(Cl)c3)C2)c1. The second-order valence-electron chi connectivity index (χ2n) is 6.62. The maximum atomic E-state index is 13.3. The van der Waals surface area contributed by atoms with Crippen molar-refractivity contribution in [2.45, 2.75) is 37.9 Å². The van der Waals surface area contributed by atoms with Gasteiger partial charge in [-0.2, -0.15) is 0 Å². The molecule has 0 aliphatic heterocycles. The molecule has 0 aromatic heterocycles. The highest BCUT2D eigenvalue weighted by Gasteiger charge is 2.29. The van der Waals surface area contributed by atoms with Crippen molar-refractivity contribution in [2.24, 2.45) is 0 Å². The number of amides is 1. The van der Waals surface area contributed by atoms with Crippen molar-refractivity contribution >= 4 is 17.5 Å². The van der Waals surface area contributed by atoms with E-state index in [9.17, 15) is 9.18 Å². The first-order chi connectivity index (χ1) is 12.5. The van der Waals surface area contributed by atoms with Gasteiger partial charge in [0.25, 0.3) is 0 Å². The molecule has 4 nitrogen and oxygen atoms in total. The maximum absolute atomic E-state index is 13.3. The molecule has 1 aliphatic carbocycles. The van der Waals surface area contributed by atoms with Gasteiger partial charge in [-0.3, -0.25) is 4.79 Å². The number of ether oxygens (including phenoxy) is 1. The zero-order chi connectivity index (χ0) is 18.5. The fourth-order valence-corrected chi connectivity index (χ4v) is 3.37. The van der Waals surface area contributed by atoms with Gasteiger partial charge in [-0.1, -0.05) is 23.7 Å². The summed E-state index contributed by atoms with van der Waals surface area (Å²) in [5.41, 5.74) is 1.75. The van der Waals surface area contributed by atoms with Gasteiger partial charge in [-0.05, 0) is 54.3 Å². The molecule has 2 aromatic rings. The highest BCUT2D eigenvalue weighted by Crippen LogP contribution is 2.21. The molecule has 0 heterocycles. The number of nitrogens with one attached hydrogen (secondary N) is 2. The molecule has 6 heteroatoms. The quantitative estimate of drug-likeness (QED) is 0.778. The first-order valence-electron chi connectivity index (χ1n) is 8.62. The standard InChI is InChI=1S/C20H22ClFN2O2/c1-26-19-4-2-3-13(7-19)12-23-17-10-18(11-17)24-20(25)8-14-5-15(21)9-16(22)6-14/h2-7,9,17-18,23H,8,10-12H2,1H3,(H,24,25)/t17-,18-. The smallest absolute Gasteiger partial charge is 0.224 e. The number of hydrogen-bond donors (Lipinski definition) is 2. The van der Waals surface area contributed by atoms with Crippen molar-refractivity contribution in [3.63, 3.8) is 0 Å². The van der Waals surface area contributed by atoms with Crippen molar-refractivity contribution < 1.29 is 13.9 Å². The molecule has 0 radical (unpaired) electrons. The number of carbonyl (C=O) groups is 1. The Balaban J connectivity index is 1.39. The Labute approximate surface area is 157 Å². The lowest BCUT2D eigenvalue weighted by atomic mass is 9.86. The summed E-state index contributed by atoms with van der Waals surface area (Å²) in [5, 5.41) is 6.77. The number of methoxy groups -OCH3 is 1. The van der Waals surface area contributed by atoms with Crippen LogP contribution in [0.25, 0.3) is 0 Å². The minimum absolute atomic E-state index is 0.108. The molecule has 138 valence electrons. The van der Waals surface area contributed by atoms with Gasteiger partial charge in [-0.25, -0.2) is 4.39 Å². The summed E-state index contributed by atoms with van der Waals surface area (Å²) in [6, 6.07) is 12.7. The number of carbonyl (C=O) groups excluding carboxylic acids is 1. The van der Waals surface area contributed by atoms with Crippen molar-refractivity contribution in [1.82, 2.24) is 10.6 Å². The normalized spacial score (nSPS) is 18.9. The fourth-order valence-electron chi connectivity index (χ4n) is 3.12. The number of halogens is 2. The van der Waals surface area contributed by atoms with E-state index < -0.39 is 5.82 Å². The predicted molar refractivity (Wildman–Crippen MR) is 99.9 cm³/mol. The van der Waals surface area contributed by atoms with Gasteiger partial charge in [0.2, 0.25) is 5.91 Å². The van der Waals surface area contributed by atoms with E-state index in [1.807, 2.05) is 18.2 Å². The lowest BCUT2D eigenvalue weighted by molar-refractivity contribution is -0.121. The minimum Gasteiger partial charge on any atom is -0.497 e. The first kappa shape index (κ1) is 18.7. The third kappa shape index (κ3) is 5.19. The number of hydrogen-bond acceptors (Lipinski definition) is 3. The highest BCUT2D eigenvalue weighted by molar-refractivity contribution is 6.30. The zero-order valence-electron chi connectivity index (χ0n) is 14.6. The summed E-state index contributed by atoms with van der Waals surface area (Å²) in [4.78, 5) is 12.1. The average Bonchev–Trinajstić information content (AvgIpc) is 2.56. The summed E-state index contributed by atoms with van der Waals surface area (Å²) >= 11 is 5.81. The Kier molecular flexibility index (Phi) is 6.12. The molecule has 2 aromatic carbocycles. The van der Waals surface area contributed by atoms with E-state index in [0.29, 0.717) is 16.6 Å². The average molecular weight is 377 g/mol. The molecule has 1 amide bonds. The predicted octanol–water partition coefficient (Wildman–Crippen LogP) is 3.47. The summed E-state index contributed by atoms with van der Waals surface area (Å²) in [6.45, 7) is 0.768. The van der Waals surface area contributed by atoms with Crippen LogP contribution in [0.5, 0.6) is 5.75 Å². The van der Waals surface area contributed by atoms with Crippen molar-refractivity contribution in [1.29, 1.82) is 0 Å². The molecular formula is C20H22ClFN2O2. The van der Waals surface area contributed by atoms with Gasteiger partial charge < -0.3 is 15.4 Å². The Morgan fingerprint density at radius 2 is 2.00 bits per heavy atom. The molecule has 3 rings (SSSR count).